The molecule has 4 heteroatoms. The second kappa shape index (κ2) is 7.39. The van der Waals surface area contributed by atoms with Gasteiger partial charge in [-0.25, -0.2) is 8.78 Å². The molecule has 1 rings (SSSR count). The molecule has 1 N–H and O–H groups in total. The van der Waals surface area contributed by atoms with E-state index in [2.05, 4.69) is 26.1 Å². The Balaban J connectivity index is 2.57. The number of hydrogen-bond acceptors (Lipinski definition) is 2. The summed E-state index contributed by atoms with van der Waals surface area (Å²) >= 11 is 0. The van der Waals surface area contributed by atoms with E-state index in [9.17, 15) is 8.78 Å². The zero-order valence-electron chi connectivity index (χ0n) is 12.1. The third kappa shape index (κ3) is 4.81. The van der Waals surface area contributed by atoms with Crippen molar-refractivity contribution in [3.8, 4) is 0 Å². The van der Waals surface area contributed by atoms with E-state index in [1.807, 2.05) is 0 Å². The molecule has 1 aliphatic rings. The summed E-state index contributed by atoms with van der Waals surface area (Å²) in [4.78, 5) is 1.78. The number of hydrogen-bond donors (Lipinski definition) is 1. The second-order valence-corrected chi connectivity index (χ2v) is 5.99. The summed E-state index contributed by atoms with van der Waals surface area (Å²) in [6.07, 6.45) is 0.158. The van der Waals surface area contributed by atoms with Crippen LogP contribution in [-0.4, -0.2) is 44.0 Å². The van der Waals surface area contributed by atoms with E-state index in [1.165, 1.54) is 12.8 Å². The lowest BCUT2D eigenvalue weighted by molar-refractivity contribution is 0.0650. The molecule has 1 aliphatic carbocycles. The molecule has 0 aliphatic heterocycles. The van der Waals surface area contributed by atoms with Crippen molar-refractivity contribution in [2.45, 2.75) is 46.1 Å². The van der Waals surface area contributed by atoms with Crippen LogP contribution in [0, 0.1) is 17.8 Å². The maximum absolute atomic E-state index is 12.4. The van der Waals surface area contributed by atoms with Crippen molar-refractivity contribution >= 4 is 0 Å². The molecule has 0 heterocycles. The molecule has 0 spiro atoms. The Labute approximate surface area is 110 Å². The molecular formula is C14H28F2N2. The van der Waals surface area contributed by atoms with E-state index in [1.54, 1.807) is 11.9 Å². The van der Waals surface area contributed by atoms with Crippen LogP contribution in [0.25, 0.3) is 0 Å². The minimum atomic E-state index is -2.23. The molecule has 0 bridgehead atoms. The van der Waals surface area contributed by atoms with Crippen LogP contribution in [0.15, 0.2) is 0 Å². The largest absolute Gasteiger partial charge is 0.314 e. The predicted molar refractivity (Wildman–Crippen MR) is 72.0 cm³/mol. The average molecular weight is 262 g/mol. The fraction of sp³-hybridized carbons (Fsp3) is 1.00. The van der Waals surface area contributed by atoms with Crippen molar-refractivity contribution in [1.29, 1.82) is 0 Å². The monoisotopic (exact) mass is 262 g/mol. The smallest absolute Gasteiger partial charge is 0.251 e. The fourth-order valence-corrected chi connectivity index (χ4v) is 3.38. The first-order chi connectivity index (χ1) is 8.43. The van der Waals surface area contributed by atoms with Crippen LogP contribution in [0.5, 0.6) is 0 Å². The first-order valence-corrected chi connectivity index (χ1v) is 7.14. The quantitative estimate of drug-likeness (QED) is 0.792. The average Bonchev–Trinajstić information content (AvgIpc) is 2.22. The van der Waals surface area contributed by atoms with Crippen molar-refractivity contribution < 1.29 is 8.78 Å². The molecule has 0 amide bonds. The van der Waals surface area contributed by atoms with Crippen molar-refractivity contribution in [3.05, 3.63) is 0 Å². The van der Waals surface area contributed by atoms with Crippen LogP contribution >= 0.6 is 0 Å². The van der Waals surface area contributed by atoms with Gasteiger partial charge in [0.1, 0.15) is 0 Å². The van der Waals surface area contributed by atoms with E-state index in [0.717, 1.165) is 19.0 Å². The summed E-state index contributed by atoms with van der Waals surface area (Å²) < 4.78 is 24.8. The summed E-state index contributed by atoms with van der Waals surface area (Å²) in [6.45, 7) is 8.29. The lowest BCUT2D eigenvalue weighted by Crippen LogP contribution is -2.49. The fourth-order valence-electron chi connectivity index (χ4n) is 3.38. The van der Waals surface area contributed by atoms with Gasteiger partial charge in [-0.15, -0.1) is 0 Å². The number of nitrogens with zero attached hydrogens (tertiary/aromatic N) is 1. The zero-order chi connectivity index (χ0) is 13.7. The second-order valence-electron chi connectivity index (χ2n) is 5.99. The molecule has 108 valence electrons. The topological polar surface area (TPSA) is 15.3 Å². The molecule has 0 aromatic heterocycles. The van der Waals surface area contributed by atoms with Gasteiger partial charge in [0, 0.05) is 12.6 Å². The van der Waals surface area contributed by atoms with Crippen LogP contribution in [0.3, 0.4) is 0 Å². The van der Waals surface area contributed by atoms with Crippen molar-refractivity contribution in [1.82, 2.24) is 10.2 Å². The summed E-state index contributed by atoms with van der Waals surface area (Å²) in [5.74, 6) is 1.84. The highest BCUT2D eigenvalue weighted by Crippen LogP contribution is 2.34. The Bertz CT molecular complexity index is 236. The maximum atomic E-state index is 12.4. The number of alkyl halides is 2. The van der Waals surface area contributed by atoms with E-state index >= 15 is 0 Å². The molecule has 0 aromatic rings. The molecule has 18 heavy (non-hydrogen) atoms. The Morgan fingerprint density at radius 2 is 1.94 bits per heavy atom. The van der Waals surface area contributed by atoms with Gasteiger partial charge in [-0.3, -0.25) is 0 Å². The van der Waals surface area contributed by atoms with Crippen LogP contribution in [0.1, 0.15) is 33.6 Å². The third-order valence-corrected chi connectivity index (χ3v) is 4.12. The number of rotatable bonds is 6. The zero-order valence-corrected chi connectivity index (χ0v) is 12.1. The number of nitrogens with one attached hydrogen (secondary N) is 1. The van der Waals surface area contributed by atoms with E-state index in [0.29, 0.717) is 17.9 Å². The Kier molecular flexibility index (Phi) is 6.50. The highest BCUT2D eigenvalue weighted by Gasteiger charge is 2.34. The van der Waals surface area contributed by atoms with Gasteiger partial charge in [-0.05, 0) is 44.2 Å². The third-order valence-electron chi connectivity index (χ3n) is 4.12. The van der Waals surface area contributed by atoms with Crippen molar-refractivity contribution in [2.24, 2.45) is 17.8 Å². The van der Waals surface area contributed by atoms with E-state index < -0.39 is 6.43 Å². The molecule has 4 atom stereocenters. The Morgan fingerprint density at radius 3 is 2.50 bits per heavy atom. The van der Waals surface area contributed by atoms with Gasteiger partial charge in [-0.1, -0.05) is 20.8 Å². The minimum absolute atomic E-state index is 0.113. The Hall–Kier alpha value is -0.220. The van der Waals surface area contributed by atoms with Gasteiger partial charge in [-0.2, -0.15) is 0 Å². The minimum Gasteiger partial charge on any atom is -0.314 e. The summed E-state index contributed by atoms with van der Waals surface area (Å²) in [5, 5.41) is 3.54. The van der Waals surface area contributed by atoms with Crippen LogP contribution in [0.2, 0.25) is 0 Å². The van der Waals surface area contributed by atoms with Gasteiger partial charge in [0.2, 0.25) is 0 Å². The van der Waals surface area contributed by atoms with Crippen LogP contribution in [0.4, 0.5) is 8.78 Å². The molecule has 2 nitrogen and oxygen atoms in total. The summed E-state index contributed by atoms with van der Waals surface area (Å²) in [7, 11) is 1.81. The van der Waals surface area contributed by atoms with Crippen molar-refractivity contribution in [3.63, 3.8) is 0 Å². The highest BCUT2D eigenvalue weighted by atomic mass is 19.3. The molecule has 1 saturated carbocycles. The lowest BCUT2D eigenvalue weighted by atomic mass is 9.72. The summed E-state index contributed by atoms with van der Waals surface area (Å²) in [6, 6.07) is 0.480. The lowest BCUT2D eigenvalue weighted by Gasteiger charge is -2.41. The molecule has 0 radical (unpaired) electrons. The van der Waals surface area contributed by atoms with Crippen LogP contribution in [-0.2, 0) is 0 Å². The predicted octanol–water partition coefficient (Wildman–Crippen LogP) is 2.84. The maximum Gasteiger partial charge on any atom is 0.251 e. The number of halogens is 2. The first kappa shape index (κ1) is 15.8. The van der Waals surface area contributed by atoms with Crippen LogP contribution < -0.4 is 5.32 Å². The summed E-state index contributed by atoms with van der Waals surface area (Å²) in [5.41, 5.74) is 0. The van der Waals surface area contributed by atoms with Gasteiger partial charge in [0.05, 0.1) is 6.54 Å². The van der Waals surface area contributed by atoms with Gasteiger partial charge in [0.15, 0.2) is 0 Å². The van der Waals surface area contributed by atoms with Crippen molar-refractivity contribution in [2.75, 3.05) is 26.7 Å². The molecule has 1 fully saturated rings. The molecule has 0 aromatic carbocycles. The standard InChI is InChI=1S/C14H28F2N2/c1-5-17-13-7-10(2)6-11(3)12(13)8-18(4)9-14(15)16/h10-14,17H,5-9H2,1-4H3. The van der Waals surface area contributed by atoms with E-state index in [4.69, 9.17) is 0 Å². The van der Waals surface area contributed by atoms with Gasteiger partial charge >= 0.3 is 0 Å². The van der Waals surface area contributed by atoms with Gasteiger partial charge in [0.25, 0.3) is 6.43 Å². The normalized spacial score (nSPS) is 33.3. The first-order valence-electron chi connectivity index (χ1n) is 7.14. The molecule has 0 saturated heterocycles. The van der Waals surface area contributed by atoms with Gasteiger partial charge < -0.3 is 10.2 Å². The van der Waals surface area contributed by atoms with E-state index in [-0.39, 0.29) is 6.54 Å². The molecule has 4 unspecified atom stereocenters. The SMILES string of the molecule is CCNC1CC(C)CC(C)C1CN(C)CC(F)F. The Morgan fingerprint density at radius 1 is 1.28 bits per heavy atom. The highest BCUT2D eigenvalue weighted by molar-refractivity contribution is 4.88. The molecular weight excluding hydrogens is 234 g/mol.